The Morgan fingerprint density at radius 2 is 0.965 bits per heavy atom. The number of nitrogens with one attached hydrogen (secondary N) is 12. The van der Waals surface area contributed by atoms with E-state index in [9.17, 15) is 82.1 Å². The molecule has 1 fully saturated rings. The van der Waals surface area contributed by atoms with Gasteiger partial charge in [-0.15, -0.1) is 0 Å². The first-order chi connectivity index (χ1) is 54.1. The Bertz CT molecular complexity index is 4220. The number of rotatable bonds is 45. The van der Waals surface area contributed by atoms with Gasteiger partial charge in [-0.1, -0.05) is 119 Å². The molecule has 0 spiro atoms. The van der Waals surface area contributed by atoms with E-state index >= 15 is 0 Å². The number of aromatic nitrogens is 1. The molecule has 616 valence electrons. The molecule has 12 atom stereocenters. The van der Waals surface area contributed by atoms with Crippen molar-refractivity contribution in [2.24, 2.45) is 51.2 Å². The predicted molar refractivity (Wildman–Crippen MR) is 418 cm³/mol. The number of carbonyl (C=O) groups is 15. The van der Waals surface area contributed by atoms with Crippen LogP contribution in [0.1, 0.15) is 108 Å². The number of primary amides is 3. The van der Waals surface area contributed by atoms with Crippen molar-refractivity contribution in [3.8, 4) is 5.75 Å². The van der Waals surface area contributed by atoms with Crippen LogP contribution in [0.3, 0.4) is 0 Å². The number of H-pyrrole nitrogens is 1. The number of phenolic OH excluding ortho intramolecular Hbond substituents is 1. The van der Waals surface area contributed by atoms with E-state index in [1.807, 2.05) is 13.8 Å². The average Bonchev–Trinajstić information content (AvgIpc) is 1.66. The van der Waals surface area contributed by atoms with Gasteiger partial charge in [0.05, 0.1) is 32.0 Å². The first kappa shape index (κ1) is 90.3. The third kappa shape index (κ3) is 29.3. The minimum atomic E-state index is -1.95. The number of aliphatic imine (C=N–C) groups is 1. The van der Waals surface area contributed by atoms with Crippen molar-refractivity contribution in [1.82, 2.24) is 68.4 Å². The lowest BCUT2D eigenvalue weighted by Gasteiger charge is -2.29. The van der Waals surface area contributed by atoms with E-state index < -0.39 is 187 Å². The van der Waals surface area contributed by atoms with Crippen molar-refractivity contribution >= 4 is 105 Å². The number of likely N-dealkylation sites (tertiary alicyclic amines) is 1. The number of aliphatic hydroxyl groups is 1. The van der Waals surface area contributed by atoms with Crippen molar-refractivity contribution in [3.63, 3.8) is 0 Å². The molecule has 1 aliphatic heterocycles. The normalized spacial score (nSPS) is 15.4. The topological polar surface area (TPSA) is 616 Å². The number of amides is 15. The van der Waals surface area contributed by atoms with Gasteiger partial charge in [-0.2, -0.15) is 0 Å². The molecule has 5 aromatic rings. The summed E-state index contributed by atoms with van der Waals surface area (Å²) in [4.78, 5) is 216. The molecule has 0 radical (unpaired) electrons. The van der Waals surface area contributed by atoms with Crippen molar-refractivity contribution in [3.05, 3.63) is 138 Å². The van der Waals surface area contributed by atoms with E-state index in [-0.39, 0.29) is 88.0 Å². The third-order valence-electron chi connectivity index (χ3n) is 18.5. The number of aliphatic hydroxyl groups excluding tert-OH is 1. The van der Waals surface area contributed by atoms with Crippen molar-refractivity contribution in [2.45, 2.75) is 184 Å². The summed E-state index contributed by atoms with van der Waals surface area (Å²) >= 11 is 0. The minimum absolute atomic E-state index is 0.0237. The van der Waals surface area contributed by atoms with Crippen LogP contribution in [0.5, 0.6) is 5.75 Å². The first-order valence-electron chi connectivity index (χ1n) is 37.4. The van der Waals surface area contributed by atoms with Gasteiger partial charge in [0, 0.05) is 55.9 Å². The van der Waals surface area contributed by atoms with Gasteiger partial charge >= 0.3 is 0 Å². The predicted octanol–water partition coefficient (Wildman–Crippen LogP) is -4.18. The van der Waals surface area contributed by atoms with E-state index in [4.69, 9.17) is 34.4 Å². The molecule has 1 aliphatic rings. The molecule has 4 aromatic carbocycles. The third-order valence-corrected chi connectivity index (χ3v) is 18.5. The van der Waals surface area contributed by atoms with Crippen LogP contribution < -0.4 is 92.9 Å². The maximum atomic E-state index is 14.7. The van der Waals surface area contributed by atoms with Gasteiger partial charge < -0.3 is 113 Å². The summed E-state index contributed by atoms with van der Waals surface area (Å²) in [5.74, 6) is -15.0. The highest BCUT2D eigenvalue weighted by molar-refractivity contribution is 6.01. The summed E-state index contributed by atoms with van der Waals surface area (Å²) in [6.45, 7) is 6.83. The number of para-hydroxylation sites is 1. The van der Waals surface area contributed by atoms with Gasteiger partial charge in [0.2, 0.25) is 88.6 Å². The Labute approximate surface area is 658 Å². The summed E-state index contributed by atoms with van der Waals surface area (Å²) in [6.07, 6.45) is 0.114. The number of aromatic amines is 1. The summed E-state index contributed by atoms with van der Waals surface area (Å²) < 4.78 is 0. The number of benzene rings is 4. The Balaban J connectivity index is 1.17. The molecule has 114 heavy (non-hydrogen) atoms. The second kappa shape index (κ2) is 44.5. The summed E-state index contributed by atoms with van der Waals surface area (Å²) in [6, 6.07) is 11.5. The molecule has 37 heteroatoms. The zero-order valence-electron chi connectivity index (χ0n) is 64.2. The summed E-state index contributed by atoms with van der Waals surface area (Å²) in [7, 11) is 0. The molecule has 37 nitrogen and oxygen atoms in total. The fourth-order valence-electron chi connectivity index (χ4n) is 12.7. The van der Waals surface area contributed by atoms with Crippen LogP contribution in [0.2, 0.25) is 0 Å². The maximum absolute atomic E-state index is 14.7. The molecule has 0 aliphatic carbocycles. The number of nitrogens with two attached hydrogens (primary N) is 6. The molecular weight excluding hydrogens is 1480 g/mol. The zero-order valence-corrected chi connectivity index (χ0v) is 64.2. The fourth-order valence-corrected chi connectivity index (χ4v) is 12.7. The number of fused-ring (bicyclic) bond motifs is 1. The molecule has 1 aromatic heterocycles. The lowest BCUT2D eigenvalue weighted by atomic mass is 10.0. The minimum Gasteiger partial charge on any atom is -0.508 e. The van der Waals surface area contributed by atoms with Gasteiger partial charge in [-0.3, -0.25) is 76.9 Å². The highest BCUT2D eigenvalue weighted by Crippen LogP contribution is 2.23. The second-order valence-electron chi connectivity index (χ2n) is 28.8. The van der Waals surface area contributed by atoms with Crippen molar-refractivity contribution < 1.29 is 82.1 Å². The number of hydrogen-bond acceptors (Lipinski definition) is 19. The molecule has 0 unspecified atom stereocenters. The van der Waals surface area contributed by atoms with Crippen LogP contribution in [0.15, 0.2) is 120 Å². The Hall–Kier alpha value is -12.5. The highest BCUT2D eigenvalue weighted by Gasteiger charge is 2.40. The number of phenols is 1. The summed E-state index contributed by atoms with van der Waals surface area (Å²) in [5.41, 5.74) is 36.7. The summed E-state index contributed by atoms with van der Waals surface area (Å²) in [5, 5.41) is 48.9. The highest BCUT2D eigenvalue weighted by atomic mass is 16.3. The molecule has 26 N–H and O–H groups in total. The average molecular weight is 1580 g/mol. The van der Waals surface area contributed by atoms with Gasteiger partial charge in [-0.25, -0.2) is 0 Å². The van der Waals surface area contributed by atoms with Gasteiger partial charge in [0.25, 0.3) is 0 Å². The van der Waals surface area contributed by atoms with Crippen LogP contribution >= 0.6 is 0 Å². The molecular formula is C77H106N20O17. The molecule has 1 saturated heterocycles. The van der Waals surface area contributed by atoms with Gasteiger partial charge in [0.1, 0.15) is 72.2 Å². The van der Waals surface area contributed by atoms with E-state index in [0.717, 1.165) is 0 Å². The van der Waals surface area contributed by atoms with Crippen LogP contribution in [0.4, 0.5) is 0 Å². The van der Waals surface area contributed by atoms with Crippen molar-refractivity contribution in [1.29, 1.82) is 0 Å². The number of carbonyl (C=O) groups excluding carboxylic acids is 15. The first-order valence-corrected chi connectivity index (χ1v) is 37.4. The van der Waals surface area contributed by atoms with Gasteiger partial charge in [0.15, 0.2) is 5.96 Å². The maximum Gasteiger partial charge on any atom is 0.245 e. The Morgan fingerprint density at radius 3 is 1.54 bits per heavy atom. The van der Waals surface area contributed by atoms with E-state index in [2.05, 4.69) is 68.5 Å². The molecule has 0 bridgehead atoms. The Morgan fingerprint density at radius 1 is 0.500 bits per heavy atom. The largest absolute Gasteiger partial charge is 0.508 e. The second-order valence-corrected chi connectivity index (χ2v) is 28.8. The Kier molecular flexibility index (Phi) is 35.3. The van der Waals surface area contributed by atoms with Crippen LogP contribution in [0.25, 0.3) is 10.9 Å². The monoisotopic (exact) mass is 1580 g/mol. The lowest BCUT2D eigenvalue weighted by molar-refractivity contribution is -0.141. The standard InChI is InChI=1S/C77H106N20O17/c1-41(2)30-50(78)76(114)97-29-15-23-61(97)75(113)95-59(37-63(80)101)72(110)93-56(34-46-24-26-48(99)27-25-46)69(107)87-43(5)66(104)91-57(35-47-38-85-51-21-13-12-20-49(47)51)71(109)94-58(36-62(79)100)73(111)96-60(40-98)74(112)92-55(33-45-18-10-7-11-19-45)67(105)86-39-64(102)88-54(31-42(3)4)70(108)89-52(22-14-28-84-77(82)83)68(106)90-53(65(81)103)32-44-16-8-6-9-17-44/h6-13,16-21,24-27,38,41-43,50,52-61,85,98-99H,14-15,22-23,28-37,39-40,78H2,1-5H3,(H2,79,100)(H2,80,101)(H2,81,103)(H,86,105)(H,87,107)(H,88,102)(H,89,108)(H,90,106)(H,91,104)(H,92,112)(H,93,110)(H,94,109)(H,95,113)(H,96,111)(H4,82,83,84)/t43-,50-,52-,53-,54-,55-,56-,57-,58-,59-,60-,61-/m0/s1. The van der Waals surface area contributed by atoms with Crippen LogP contribution in [-0.2, 0) is 97.6 Å². The molecule has 0 saturated carbocycles. The molecule has 2 heterocycles. The number of nitrogens with zero attached hydrogens (tertiary/aromatic N) is 2. The molecule has 15 amide bonds. The number of hydrogen-bond donors (Lipinski definition) is 20. The smallest absolute Gasteiger partial charge is 0.245 e. The SMILES string of the molecule is CC(C)C[C@H](NC(=O)CNC(=O)[C@H](Cc1ccccc1)NC(=O)[C@H](CO)NC(=O)[C@H](CC(N)=O)NC(=O)[C@H](Cc1c[nH]c2ccccc12)NC(=O)[C@H](C)NC(=O)[C@H](Cc1ccc(O)cc1)NC(=O)[C@H](CC(N)=O)NC(=O)[C@@H]1CCCN1C(=O)[C@@H](N)CC(C)C)C(=O)N[C@@H](CCCN=C(N)N)C(=O)N[C@@H](Cc1ccccc1)C(N)=O. The zero-order chi connectivity index (χ0) is 83.9. The van der Waals surface area contributed by atoms with E-state index in [1.54, 1.807) is 105 Å². The van der Waals surface area contributed by atoms with Gasteiger partial charge in [-0.05, 0) is 97.7 Å². The quantitative estimate of drug-likeness (QED) is 0.00999. The number of guanidine groups is 1. The van der Waals surface area contributed by atoms with Crippen molar-refractivity contribution in [2.75, 3.05) is 26.2 Å². The van der Waals surface area contributed by atoms with Crippen LogP contribution in [-0.4, -0.2) is 213 Å². The number of aromatic hydroxyl groups is 1. The lowest BCUT2D eigenvalue weighted by Crippen LogP contribution is -2.61. The fraction of sp³-hybridized carbons (Fsp3) is 0.455. The van der Waals surface area contributed by atoms with E-state index in [1.165, 1.54) is 36.1 Å². The van der Waals surface area contributed by atoms with E-state index in [0.29, 0.717) is 46.0 Å². The molecule has 6 rings (SSSR count). The van der Waals surface area contributed by atoms with Crippen LogP contribution in [0, 0.1) is 11.8 Å².